The number of anilines is 1. The Balaban J connectivity index is 2.69. The Bertz CT molecular complexity index is 522. The normalized spacial score (nSPS) is 43.6. The van der Waals surface area contributed by atoms with Gasteiger partial charge in [-0.25, -0.2) is 4.98 Å². The Morgan fingerprint density at radius 1 is 1.42 bits per heavy atom. The molecule has 0 aromatic carbocycles. The van der Waals surface area contributed by atoms with Gasteiger partial charge in [0.2, 0.25) is 0 Å². The third-order valence-electron chi connectivity index (χ3n) is 1.22. The lowest BCUT2D eigenvalue weighted by atomic mass is 10.4. The van der Waals surface area contributed by atoms with Crippen LogP contribution in [0.2, 0.25) is 0 Å². The summed E-state index contributed by atoms with van der Waals surface area (Å²) in [7, 11) is 0. The van der Waals surface area contributed by atoms with Crippen molar-refractivity contribution in [3.63, 3.8) is 0 Å². The first-order valence-electron chi connectivity index (χ1n) is 7.15. The Morgan fingerprint density at radius 2 is 2.17 bits per heavy atom. The molecule has 1 aromatic rings. The van der Waals surface area contributed by atoms with Crippen LogP contribution in [0.3, 0.4) is 0 Å². The van der Waals surface area contributed by atoms with Crippen LogP contribution in [0.25, 0.3) is 0 Å². The van der Waals surface area contributed by atoms with E-state index in [9.17, 15) is 0 Å². The van der Waals surface area contributed by atoms with Crippen LogP contribution in [0.1, 0.15) is 23.7 Å². The van der Waals surface area contributed by atoms with Crippen molar-refractivity contribution in [1.82, 2.24) is 9.97 Å². The topological polar surface area (TPSA) is 29.0 Å². The van der Waals surface area contributed by atoms with Gasteiger partial charge in [0, 0.05) is 24.0 Å². The maximum atomic E-state index is 7.82. The lowest BCUT2D eigenvalue weighted by Crippen LogP contribution is -2.19. The smallest absolute Gasteiger partial charge is 0.148 e. The van der Waals surface area contributed by atoms with Crippen LogP contribution in [0, 0.1) is 0 Å². The Hall–Kier alpha value is -0.640. The first-order valence-corrected chi connectivity index (χ1v) is 3.94. The van der Waals surface area contributed by atoms with Gasteiger partial charge >= 0.3 is 0 Å². The first kappa shape index (κ1) is 2.94. The van der Waals surface area contributed by atoms with E-state index < -0.39 is 25.7 Å². The van der Waals surface area contributed by atoms with Crippen molar-refractivity contribution in [2.24, 2.45) is 0 Å². The Labute approximate surface area is 91.2 Å². The van der Waals surface area contributed by atoms with E-state index in [-0.39, 0.29) is 10.4 Å². The van der Waals surface area contributed by atoms with Gasteiger partial charge in [-0.2, -0.15) is 0 Å². The predicted molar refractivity (Wildman–Crippen MR) is 51.2 cm³/mol. The van der Waals surface area contributed by atoms with E-state index >= 15 is 0 Å². The van der Waals surface area contributed by atoms with Crippen molar-refractivity contribution >= 4 is 21.7 Å². The van der Waals surface area contributed by atoms with Gasteiger partial charge in [-0.1, -0.05) is 0 Å². The molecular formula is C8H10BrN3. The summed E-state index contributed by atoms with van der Waals surface area (Å²) in [4.78, 5) is 7.93. The molecule has 2 rings (SSSR count). The minimum absolute atomic E-state index is 0.203. The van der Waals surface area contributed by atoms with E-state index in [0.29, 0.717) is 4.90 Å². The third kappa shape index (κ3) is 1.58. The van der Waals surface area contributed by atoms with E-state index in [0.717, 1.165) is 6.20 Å². The molecule has 1 fully saturated rings. The van der Waals surface area contributed by atoms with Crippen LogP contribution in [-0.4, -0.2) is 23.0 Å². The van der Waals surface area contributed by atoms with Crippen molar-refractivity contribution < 1.29 is 11.0 Å². The summed E-state index contributed by atoms with van der Waals surface area (Å²) in [6.45, 7) is -5.87. The van der Waals surface area contributed by atoms with Crippen LogP contribution in [0.5, 0.6) is 0 Å². The first-order chi connectivity index (χ1) is 8.87. The molecule has 0 aliphatic carbocycles. The summed E-state index contributed by atoms with van der Waals surface area (Å²) in [5.41, 5.74) is 0. The highest BCUT2D eigenvalue weighted by molar-refractivity contribution is 9.10. The van der Waals surface area contributed by atoms with Crippen LogP contribution in [-0.2, 0) is 0 Å². The van der Waals surface area contributed by atoms with Crippen molar-refractivity contribution in [3.05, 3.63) is 17.0 Å². The standard InChI is InChI=1S/C8H10BrN3/c9-7-5-10-6-8(11-7)12-3-1-2-4-12/h5-6H,1-4H2/i1D2,2D2,3D2,4D2. The molecule has 1 aromatic heterocycles. The van der Waals surface area contributed by atoms with Gasteiger partial charge in [-0.05, 0) is 28.7 Å². The number of aromatic nitrogens is 2. The highest BCUT2D eigenvalue weighted by Gasteiger charge is 2.13. The molecule has 0 atom stereocenters. The SMILES string of the molecule is [2H]C1([2H])N(c2cncc(Br)n2)C([2H])([2H])C([2H])([2H])C1([2H])[2H]. The second kappa shape index (κ2) is 3.39. The minimum Gasteiger partial charge on any atom is -0.355 e. The number of halogens is 1. The largest absolute Gasteiger partial charge is 0.355 e. The van der Waals surface area contributed by atoms with Gasteiger partial charge in [0.1, 0.15) is 10.4 Å². The molecule has 1 saturated heterocycles. The van der Waals surface area contributed by atoms with Gasteiger partial charge in [-0.15, -0.1) is 0 Å². The molecule has 1 aliphatic rings. The predicted octanol–water partition coefficient (Wildman–Crippen LogP) is 1.84. The fourth-order valence-electron chi connectivity index (χ4n) is 0.751. The molecule has 64 valence electrons. The van der Waals surface area contributed by atoms with Gasteiger partial charge in [0.05, 0.1) is 12.4 Å². The quantitative estimate of drug-likeness (QED) is 0.745. The van der Waals surface area contributed by atoms with Crippen LogP contribution in [0.4, 0.5) is 5.82 Å². The summed E-state index contributed by atoms with van der Waals surface area (Å²) in [5, 5.41) is 0. The van der Waals surface area contributed by atoms with E-state index in [2.05, 4.69) is 25.9 Å². The molecule has 12 heavy (non-hydrogen) atoms. The summed E-state index contributed by atoms with van der Waals surface area (Å²) in [6.07, 6.45) is -3.80. The summed E-state index contributed by atoms with van der Waals surface area (Å²) in [6, 6.07) is 0. The van der Waals surface area contributed by atoms with Gasteiger partial charge in [0.15, 0.2) is 0 Å². The second-order valence-electron chi connectivity index (χ2n) is 2.01. The molecule has 0 amide bonds. The molecule has 0 N–H and O–H groups in total. The fourth-order valence-corrected chi connectivity index (χ4v) is 1.05. The molecule has 0 unspecified atom stereocenters. The van der Waals surface area contributed by atoms with E-state index in [4.69, 9.17) is 11.0 Å². The summed E-state index contributed by atoms with van der Waals surface area (Å²) in [5.74, 6) is -0.292. The van der Waals surface area contributed by atoms with Gasteiger partial charge in [0.25, 0.3) is 0 Å². The number of rotatable bonds is 1. The monoisotopic (exact) mass is 235 g/mol. The summed E-state index contributed by atoms with van der Waals surface area (Å²) < 4.78 is 62.1. The van der Waals surface area contributed by atoms with Crippen LogP contribution >= 0.6 is 15.9 Å². The van der Waals surface area contributed by atoms with E-state index in [1.807, 2.05) is 0 Å². The zero-order valence-corrected chi connectivity index (χ0v) is 7.46. The zero-order chi connectivity index (χ0) is 15.6. The van der Waals surface area contributed by atoms with Gasteiger partial charge < -0.3 is 4.90 Å². The van der Waals surface area contributed by atoms with Crippen molar-refractivity contribution in [2.45, 2.75) is 12.7 Å². The highest BCUT2D eigenvalue weighted by atomic mass is 79.9. The van der Waals surface area contributed by atoms with E-state index in [1.165, 1.54) is 6.20 Å². The molecule has 0 saturated carbocycles. The molecule has 0 bridgehead atoms. The molecule has 3 nitrogen and oxygen atoms in total. The van der Waals surface area contributed by atoms with Crippen LogP contribution < -0.4 is 4.90 Å². The Kier molecular flexibility index (Phi) is 0.831. The summed E-state index contributed by atoms with van der Waals surface area (Å²) >= 11 is 3.01. The lowest BCUT2D eigenvalue weighted by molar-refractivity contribution is 0.921. The average Bonchev–Trinajstić information content (AvgIpc) is 2.33. The van der Waals surface area contributed by atoms with Crippen LogP contribution in [0.15, 0.2) is 17.0 Å². The minimum atomic E-state index is -3.08. The molecule has 0 spiro atoms. The van der Waals surface area contributed by atoms with Crippen molar-refractivity contribution in [1.29, 1.82) is 0 Å². The maximum absolute atomic E-state index is 7.82. The third-order valence-corrected chi connectivity index (χ3v) is 1.60. The molecule has 4 heteroatoms. The number of nitrogens with zero attached hydrogens (tertiary/aromatic N) is 3. The number of hydrogen-bond donors (Lipinski definition) is 0. The fraction of sp³-hybridized carbons (Fsp3) is 0.500. The lowest BCUT2D eigenvalue weighted by Gasteiger charge is -2.15. The van der Waals surface area contributed by atoms with Crippen molar-refractivity contribution in [3.8, 4) is 0 Å². The van der Waals surface area contributed by atoms with Crippen molar-refractivity contribution in [2.75, 3.05) is 17.9 Å². The number of hydrogen-bond acceptors (Lipinski definition) is 3. The average molecular weight is 236 g/mol. The zero-order valence-electron chi connectivity index (χ0n) is 13.9. The molecular weight excluding hydrogens is 218 g/mol. The molecule has 1 aliphatic heterocycles. The second-order valence-corrected chi connectivity index (χ2v) is 2.82. The van der Waals surface area contributed by atoms with Gasteiger partial charge in [-0.3, -0.25) is 4.98 Å². The van der Waals surface area contributed by atoms with E-state index in [1.54, 1.807) is 0 Å². The maximum Gasteiger partial charge on any atom is 0.148 e. The Morgan fingerprint density at radius 3 is 2.83 bits per heavy atom. The molecule has 0 radical (unpaired) electrons. The molecule has 2 heterocycles. The highest BCUT2D eigenvalue weighted by Crippen LogP contribution is 2.17.